The molecule has 0 spiro atoms. The molecule has 4 N–H and O–H groups in total. The van der Waals surface area contributed by atoms with E-state index in [1.807, 2.05) is 6.07 Å². The average Bonchev–Trinajstić information content (AvgIpc) is 2.63. The summed E-state index contributed by atoms with van der Waals surface area (Å²) in [6.07, 6.45) is -3.60. The summed E-state index contributed by atoms with van der Waals surface area (Å²) in [5, 5.41) is 7.87. The van der Waals surface area contributed by atoms with Gasteiger partial charge in [-0.1, -0.05) is 30.3 Å². The van der Waals surface area contributed by atoms with Crippen molar-refractivity contribution in [2.45, 2.75) is 6.36 Å². The number of nitrogen functional groups attached to an aromatic ring is 1. The van der Waals surface area contributed by atoms with Crippen molar-refractivity contribution in [2.75, 3.05) is 5.73 Å². The molecule has 0 aliphatic heterocycles. The van der Waals surface area contributed by atoms with Crippen molar-refractivity contribution >= 4 is 11.6 Å². The quantitative estimate of drug-likeness (QED) is 0.677. The molecule has 3 aromatic rings. The van der Waals surface area contributed by atoms with Crippen LogP contribution in [0.4, 0.5) is 18.9 Å². The first-order valence-electron chi connectivity index (χ1n) is 7.50. The number of aromatic nitrogens is 3. The Morgan fingerprint density at radius 1 is 1.04 bits per heavy atom. The second kappa shape index (κ2) is 6.90. The summed E-state index contributed by atoms with van der Waals surface area (Å²) in [4.78, 5) is 15.7. The van der Waals surface area contributed by atoms with Crippen molar-refractivity contribution in [3.05, 3.63) is 54.2 Å². The van der Waals surface area contributed by atoms with Crippen LogP contribution in [0.1, 0.15) is 10.4 Å². The lowest BCUT2D eigenvalue weighted by Gasteiger charge is -2.15. The summed E-state index contributed by atoms with van der Waals surface area (Å²) in [5.41, 5.74) is 11.4. The minimum Gasteiger partial charge on any atom is -0.404 e. The van der Waals surface area contributed by atoms with Gasteiger partial charge >= 0.3 is 6.36 Å². The molecule has 10 heteroatoms. The molecule has 138 valence electrons. The molecule has 1 heterocycles. The Bertz CT molecular complexity index is 976. The fraction of sp³-hybridized carbons (Fsp3) is 0.0588. The van der Waals surface area contributed by atoms with Gasteiger partial charge in [0.25, 0.3) is 0 Å². The summed E-state index contributed by atoms with van der Waals surface area (Å²) in [6, 6.07) is 10.9. The van der Waals surface area contributed by atoms with Crippen LogP contribution in [-0.4, -0.2) is 27.5 Å². The number of rotatable bonds is 4. The maximum absolute atomic E-state index is 12.5. The number of anilines is 1. The first-order valence-corrected chi connectivity index (χ1v) is 7.50. The van der Waals surface area contributed by atoms with E-state index in [9.17, 15) is 18.0 Å². The number of carbonyl (C=O) groups is 1. The van der Waals surface area contributed by atoms with Gasteiger partial charge in [0.05, 0.1) is 23.0 Å². The number of hydrogen-bond acceptors (Lipinski definition) is 6. The van der Waals surface area contributed by atoms with Crippen molar-refractivity contribution in [2.24, 2.45) is 5.73 Å². The number of nitrogens with zero attached hydrogens (tertiary/aromatic N) is 3. The first kappa shape index (κ1) is 18.1. The van der Waals surface area contributed by atoms with Crippen LogP contribution in [0.5, 0.6) is 5.75 Å². The molecule has 0 saturated carbocycles. The van der Waals surface area contributed by atoms with Crippen molar-refractivity contribution in [3.63, 3.8) is 0 Å². The van der Waals surface area contributed by atoms with Crippen LogP contribution in [0.15, 0.2) is 48.7 Å². The molecule has 1 aromatic heterocycles. The standard InChI is InChI=1S/C17H12F3N5O2/c18-17(19,20)27-12-7-6-10(15(22)26)13(14(12)21)16-23-8-11(24-25-16)9-4-2-1-3-5-9/h1-8H,21H2,(H2,22,26). The largest absolute Gasteiger partial charge is 0.573 e. The highest BCUT2D eigenvalue weighted by Gasteiger charge is 2.33. The predicted octanol–water partition coefficient (Wildman–Crippen LogP) is 2.79. The second-order valence-corrected chi connectivity index (χ2v) is 5.35. The smallest absolute Gasteiger partial charge is 0.404 e. The minimum absolute atomic E-state index is 0.156. The third-order valence-corrected chi connectivity index (χ3v) is 3.55. The van der Waals surface area contributed by atoms with Gasteiger partial charge in [0, 0.05) is 5.56 Å². The minimum atomic E-state index is -4.96. The number of alkyl halides is 3. The number of nitrogens with two attached hydrogens (primary N) is 2. The summed E-state index contributed by atoms with van der Waals surface area (Å²) in [5.74, 6) is -1.77. The Morgan fingerprint density at radius 2 is 1.74 bits per heavy atom. The summed E-state index contributed by atoms with van der Waals surface area (Å²) < 4.78 is 41.5. The van der Waals surface area contributed by atoms with Crippen molar-refractivity contribution in [3.8, 4) is 28.4 Å². The molecule has 27 heavy (non-hydrogen) atoms. The molecule has 0 atom stereocenters. The molecule has 2 aromatic carbocycles. The van der Waals surface area contributed by atoms with Gasteiger partial charge in [0.2, 0.25) is 5.91 Å². The Labute approximate surface area is 150 Å². The lowest BCUT2D eigenvalue weighted by molar-refractivity contribution is -0.274. The zero-order valence-corrected chi connectivity index (χ0v) is 13.6. The summed E-state index contributed by atoms with van der Waals surface area (Å²) in [7, 11) is 0. The number of hydrogen-bond donors (Lipinski definition) is 2. The monoisotopic (exact) mass is 375 g/mol. The number of benzene rings is 2. The molecular weight excluding hydrogens is 363 g/mol. The van der Waals surface area contributed by atoms with E-state index >= 15 is 0 Å². The van der Waals surface area contributed by atoms with E-state index in [0.29, 0.717) is 5.69 Å². The lowest BCUT2D eigenvalue weighted by Crippen LogP contribution is -2.20. The SMILES string of the molecule is NC(=O)c1ccc(OC(F)(F)F)c(N)c1-c1ncc(-c2ccccc2)nn1. The van der Waals surface area contributed by atoms with Crippen LogP contribution in [-0.2, 0) is 0 Å². The van der Waals surface area contributed by atoms with Crippen molar-refractivity contribution in [1.82, 2.24) is 15.2 Å². The third-order valence-electron chi connectivity index (χ3n) is 3.55. The molecule has 3 rings (SSSR count). The zero-order valence-electron chi connectivity index (χ0n) is 13.6. The molecule has 0 unspecified atom stereocenters. The molecule has 7 nitrogen and oxygen atoms in total. The van der Waals surface area contributed by atoms with Crippen LogP contribution in [0.3, 0.4) is 0 Å². The van der Waals surface area contributed by atoms with Gasteiger partial charge in [0.1, 0.15) is 5.69 Å². The highest BCUT2D eigenvalue weighted by atomic mass is 19.4. The lowest BCUT2D eigenvalue weighted by atomic mass is 10.0. The number of ether oxygens (including phenoxy) is 1. The number of carbonyl (C=O) groups excluding carboxylic acids is 1. The van der Waals surface area contributed by atoms with Gasteiger partial charge in [-0.05, 0) is 12.1 Å². The Hall–Kier alpha value is -3.69. The van der Waals surface area contributed by atoms with Gasteiger partial charge < -0.3 is 16.2 Å². The summed E-state index contributed by atoms with van der Waals surface area (Å²) in [6.45, 7) is 0. The van der Waals surface area contributed by atoms with Crippen LogP contribution in [0.2, 0.25) is 0 Å². The van der Waals surface area contributed by atoms with Crippen LogP contribution < -0.4 is 16.2 Å². The van der Waals surface area contributed by atoms with E-state index in [1.165, 1.54) is 6.20 Å². The van der Waals surface area contributed by atoms with E-state index in [4.69, 9.17) is 11.5 Å². The molecule has 0 aliphatic carbocycles. The number of halogens is 3. The predicted molar refractivity (Wildman–Crippen MR) is 90.3 cm³/mol. The highest BCUT2D eigenvalue weighted by Crippen LogP contribution is 2.37. The van der Waals surface area contributed by atoms with E-state index < -0.39 is 23.7 Å². The Balaban J connectivity index is 2.09. The molecule has 1 amide bonds. The first-order chi connectivity index (χ1) is 12.8. The van der Waals surface area contributed by atoms with Crippen molar-refractivity contribution in [1.29, 1.82) is 0 Å². The molecule has 0 bridgehead atoms. The van der Waals surface area contributed by atoms with Crippen molar-refractivity contribution < 1.29 is 22.7 Å². The molecule has 0 fully saturated rings. The van der Waals surface area contributed by atoms with Gasteiger partial charge in [-0.3, -0.25) is 4.79 Å². The second-order valence-electron chi connectivity index (χ2n) is 5.35. The van der Waals surface area contributed by atoms with Crippen LogP contribution >= 0.6 is 0 Å². The van der Waals surface area contributed by atoms with Gasteiger partial charge in [0.15, 0.2) is 11.6 Å². The third kappa shape index (κ3) is 3.94. The van der Waals surface area contributed by atoms with E-state index in [2.05, 4.69) is 19.9 Å². The van der Waals surface area contributed by atoms with Crippen LogP contribution in [0.25, 0.3) is 22.6 Å². The molecule has 0 saturated heterocycles. The zero-order chi connectivity index (χ0) is 19.6. The van der Waals surface area contributed by atoms with Gasteiger partial charge in [-0.2, -0.15) is 0 Å². The maximum Gasteiger partial charge on any atom is 0.573 e. The number of amides is 1. The maximum atomic E-state index is 12.5. The topological polar surface area (TPSA) is 117 Å². The van der Waals surface area contributed by atoms with E-state index in [0.717, 1.165) is 17.7 Å². The highest BCUT2D eigenvalue weighted by molar-refractivity contribution is 6.02. The van der Waals surface area contributed by atoms with E-state index in [-0.39, 0.29) is 17.0 Å². The fourth-order valence-electron chi connectivity index (χ4n) is 2.39. The van der Waals surface area contributed by atoms with Crippen LogP contribution in [0, 0.1) is 0 Å². The molecular formula is C17H12F3N5O2. The molecule has 0 radical (unpaired) electrons. The number of primary amides is 1. The van der Waals surface area contributed by atoms with Gasteiger partial charge in [-0.25, -0.2) is 4.98 Å². The Kier molecular flexibility index (Phi) is 4.63. The Morgan fingerprint density at radius 3 is 2.30 bits per heavy atom. The summed E-state index contributed by atoms with van der Waals surface area (Å²) >= 11 is 0. The van der Waals surface area contributed by atoms with Gasteiger partial charge in [-0.15, -0.1) is 23.4 Å². The average molecular weight is 375 g/mol. The van der Waals surface area contributed by atoms with E-state index in [1.54, 1.807) is 24.3 Å². The molecule has 0 aliphatic rings. The normalized spacial score (nSPS) is 11.2. The fourth-order valence-corrected chi connectivity index (χ4v) is 2.39.